The molecule has 23 heavy (non-hydrogen) atoms. The Hall–Kier alpha value is -2.53. The first kappa shape index (κ1) is 16.8. The summed E-state index contributed by atoms with van der Waals surface area (Å²) in [5.41, 5.74) is 1.45. The summed E-state index contributed by atoms with van der Waals surface area (Å²) < 4.78 is 5.37. The number of esters is 1. The highest BCUT2D eigenvalue weighted by atomic mass is 16.5. The van der Waals surface area contributed by atoms with E-state index in [2.05, 4.69) is 5.92 Å². The zero-order valence-corrected chi connectivity index (χ0v) is 13.5. The van der Waals surface area contributed by atoms with Crippen molar-refractivity contribution in [2.45, 2.75) is 26.2 Å². The molecule has 0 amide bonds. The molecule has 0 saturated heterocycles. The molecule has 2 aromatic carbocycles. The van der Waals surface area contributed by atoms with Crippen LogP contribution in [0.2, 0.25) is 0 Å². The van der Waals surface area contributed by atoms with E-state index in [1.54, 1.807) is 0 Å². The van der Waals surface area contributed by atoms with Gasteiger partial charge >= 0.3 is 5.97 Å². The molecule has 0 saturated carbocycles. The van der Waals surface area contributed by atoms with E-state index in [-0.39, 0.29) is 5.97 Å². The average molecular weight is 306 g/mol. The Balaban J connectivity index is 2.37. The molecule has 0 aliphatic carbocycles. The number of carbonyl (C=O) groups excluding carboxylic acids is 1. The van der Waals surface area contributed by atoms with Crippen molar-refractivity contribution in [2.75, 3.05) is 6.61 Å². The van der Waals surface area contributed by atoms with Gasteiger partial charge in [-0.1, -0.05) is 60.7 Å². The third-order valence-electron chi connectivity index (χ3n) is 3.92. The summed E-state index contributed by atoms with van der Waals surface area (Å²) >= 11 is 0. The van der Waals surface area contributed by atoms with E-state index in [4.69, 9.17) is 11.2 Å². The number of hydrogen-bond donors (Lipinski definition) is 0. The van der Waals surface area contributed by atoms with E-state index in [9.17, 15) is 4.79 Å². The molecule has 0 spiro atoms. The fraction of sp³-hybridized carbons (Fsp3) is 0.286. The van der Waals surface area contributed by atoms with Crippen molar-refractivity contribution in [3.8, 4) is 12.3 Å². The van der Waals surface area contributed by atoms with Gasteiger partial charge in [0.2, 0.25) is 0 Å². The summed E-state index contributed by atoms with van der Waals surface area (Å²) in [6, 6.07) is 19.9. The second-order valence-electron chi connectivity index (χ2n) is 5.71. The Bertz CT molecular complexity index is 612. The molecular formula is C21H22O2. The Labute approximate surface area is 138 Å². The summed E-state index contributed by atoms with van der Waals surface area (Å²) in [6.45, 7) is 2.18. The molecule has 0 N–H and O–H groups in total. The molecule has 2 heteroatoms. The lowest BCUT2D eigenvalue weighted by Gasteiger charge is -2.30. The Morgan fingerprint density at radius 2 is 1.48 bits per heavy atom. The normalized spacial score (nSPS) is 10.8. The molecule has 2 rings (SSSR count). The molecule has 0 heterocycles. The molecule has 0 unspecified atom stereocenters. The van der Waals surface area contributed by atoms with Gasteiger partial charge in [-0.15, -0.1) is 12.3 Å². The second-order valence-corrected chi connectivity index (χ2v) is 5.71. The highest BCUT2D eigenvalue weighted by Crippen LogP contribution is 2.33. The van der Waals surface area contributed by atoms with Gasteiger partial charge in [-0.05, 0) is 30.9 Å². The summed E-state index contributed by atoms with van der Waals surface area (Å²) in [5.74, 6) is 2.47. The first-order valence-electron chi connectivity index (χ1n) is 7.89. The van der Waals surface area contributed by atoms with Gasteiger partial charge in [0, 0.05) is 6.42 Å². The lowest BCUT2D eigenvalue weighted by atomic mass is 9.74. The summed E-state index contributed by atoms with van der Waals surface area (Å²) in [7, 11) is 0. The van der Waals surface area contributed by atoms with Gasteiger partial charge in [0.1, 0.15) is 0 Å². The molecule has 0 radical (unpaired) electrons. The maximum atomic E-state index is 12.7. The van der Waals surface area contributed by atoms with Gasteiger partial charge < -0.3 is 4.74 Å². The van der Waals surface area contributed by atoms with E-state index >= 15 is 0 Å². The van der Waals surface area contributed by atoms with Crippen molar-refractivity contribution < 1.29 is 9.53 Å². The topological polar surface area (TPSA) is 26.3 Å². The number of benzene rings is 2. The van der Waals surface area contributed by atoms with Crippen LogP contribution in [0.5, 0.6) is 0 Å². The quantitative estimate of drug-likeness (QED) is 0.570. The van der Waals surface area contributed by atoms with Crippen LogP contribution in [0.1, 0.15) is 24.5 Å². The van der Waals surface area contributed by atoms with Crippen LogP contribution in [-0.4, -0.2) is 12.6 Å². The maximum Gasteiger partial charge on any atom is 0.313 e. The molecule has 0 aliphatic rings. The lowest BCUT2D eigenvalue weighted by Crippen LogP contribution is -2.37. The van der Waals surface area contributed by atoms with Crippen LogP contribution in [-0.2, 0) is 22.4 Å². The SMILES string of the molecule is C#CCC(Cc1ccccc1)(Cc1ccccc1)C(=O)OCC. The van der Waals surface area contributed by atoms with Crippen LogP contribution in [0, 0.1) is 17.8 Å². The average Bonchev–Trinajstić information content (AvgIpc) is 2.57. The van der Waals surface area contributed by atoms with Gasteiger partial charge in [0.05, 0.1) is 12.0 Å². The first-order chi connectivity index (χ1) is 11.2. The fourth-order valence-electron chi connectivity index (χ4n) is 2.86. The monoisotopic (exact) mass is 306 g/mol. The van der Waals surface area contributed by atoms with Crippen LogP contribution in [0.25, 0.3) is 0 Å². The zero-order valence-electron chi connectivity index (χ0n) is 13.5. The van der Waals surface area contributed by atoms with Crippen LogP contribution >= 0.6 is 0 Å². The van der Waals surface area contributed by atoms with Crippen molar-refractivity contribution in [2.24, 2.45) is 5.41 Å². The predicted octanol–water partition coefficient (Wildman–Crippen LogP) is 4.04. The van der Waals surface area contributed by atoms with E-state index in [0.29, 0.717) is 25.9 Å². The Kier molecular flexibility index (Phi) is 6.00. The Morgan fingerprint density at radius 1 is 1.00 bits per heavy atom. The van der Waals surface area contributed by atoms with Crippen LogP contribution in [0.3, 0.4) is 0 Å². The number of rotatable bonds is 7. The summed E-state index contributed by atoms with van der Waals surface area (Å²) in [4.78, 5) is 12.7. The smallest absolute Gasteiger partial charge is 0.313 e. The lowest BCUT2D eigenvalue weighted by molar-refractivity contribution is -0.155. The zero-order chi connectivity index (χ0) is 16.5. The van der Waals surface area contributed by atoms with Gasteiger partial charge in [-0.3, -0.25) is 4.79 Å². The third kappa shape index (κ3) is 4.47. The van der Waals surface area contributed by atoms with Crippen molar-refractivity contribution in [1.29, 1.82) is 0 Å². The Morgan fingerprint density at radius 3 is 1.87 bits per heavy atom. The van der Waals surface area contributed by atoms with E-state index in [1.807, 2.05) is 67.6 Å². The van der Waals surface area contributed by atoms with Crippen molar-refractivity contribution in [3.63, 3.8) is 0 Å². The summed E-state index contributed by atoms with van der Waals surface area (Å²) in [5, 5.41) is 0. The molecule has 2 aromatic rings. The highest BCUT2D eigenvalue weighted by molar-refractivity contribution is 5.78. The molecular weight excluding hydrogens is 284 g/mol. The second kappa shape index (κ2) is 8.19. The standard InChI is InChI=1S/C21H22O2/c1-3-15-21(20(22)23-4-2,16-18-11-7-5-8-12-18)17-19-13-9-6-10-14-19/h1,5-14H,4,15-17H2,2H3. The third-order valence-corrected chi connectivity index (χ3v) is 3.92. The van der Waals surface area contributed by atoms with E-state index in [1.165, 1.54) is 0 Å². The maximum absolute atomic E-state index is 12.7. The molecule has 0 aliphatic heterocycles. The van der Waals surface area contributed by atoms with Gasteiger partial charge in [0.15, 0.2) is 0 Å². The molecule has 0 bridgehead atoms. The van der Waals surface area contributed by atoms with E-state index < -0.39 is 5.41 Å². The minimum absolute atomic E-state index is 0.217. The van der Waals surface area contributed by atoms with Gasteiger partial charge in [-0.25, -0.2) is 0 Å². The highest BCUT2D eigenvalue weighted by Gasteiger charge is 2.39. The minimum atomic E-state index is -0.729. The van der Waals surface area contributed by atoms with Crippen LogP contribution < -0.4 is 0 Å². The van der Waals surface area contributed by atoms with Crippen molar-refractivity contribution >= 4 is 5.97 Å². The minimum Gasteiger partial charge on any atom is -0.466 e. The summed E-state index contributed by atoms with van der Waals surface area (Å²) in [6.07, 6.45) is 7.11. The van der Waals surface area contributed by atoms with Crippen LogP contribution in [0.4, 0.5) is 0 Å². The largest absolute Gasteiger partial charge is 0.466 e. The molecule has 0 atom stereocenters. The van der Waals surface area contributed by atoms with Crippen molar-refractivity contribution in [1.82, 2.24) is 0 Å². The van der Waals surface area contributed by atoms with E-state index in [0.717, 1.165) is 11.1 Å². The molecule has 0 aromatic heterocycles. The number of carbonyl (C=O) groups is 1. The molecule has 118 valence electrons. The van der Waals surface area contributed by atoms with Gasteiger partial charge in [-0.2, -0.15) is 0 Å². The number of terminal acetylenes is 1. The molecule has 0 fully saturated rings. The van der Waals surface area contributed by atoms with Gasteiger partial charge in [0.25, 0.3) is 0 Å². The number of ether oxygens (including phenoxy) is 1. The fourth-order valence-corrected chi connectivity index (χ4v) is 2.86. The first-order valence-corrected chi connectivity index (χ1v) is 7.89. The van der Waals surface area contributed by atoms with Crippen molar-refractivity contribution in [3.05, 3.63) is 71.8 Å². The predicted molar refractivity (Wildman–Crippen MR) is 92.8 cm³/mol. The molecule has 2 nitrogen and oxygen atoms in total. The number of hydrogen-bond acceptors (Lipinski definition) is 2. The van der Waals surface area contributed by atoms with Crippen LogP contribution in [0.15, 0.2) is 60.7 Å².